The number of benzene rings is 2. The first-order valence-corrected chi connectivity index (χ1v) is 7.98. The van der Waals surface area contributed by atoms with Gasteiger partial charge in [0.2, 0.25) is 0 Å². The Morgan fingerprint density at radius 1 is 1.00 bits per heavy atom. The Bertz CT molecular complexity index is 685. The highest BCUT2D eigenvalue weighted by atomic mass is 16.1. The summed E-state index contributed by atoms with van der Waals surface area (Å²) >= 11 is 0. The molecule has 0 saturated carbocycles. The molecule has 0 aliphatic carbocycles. The first kappa shape index (κ1) is 16.8. The fourth-order valence-corrected chi connectivity index (χ4v) is 2.70. The maximum absolute atomic E-state index is 12.0. The molecule has 23 heavy (non-hydrogen) atoms. The lowest BCUT2D eigenvalue weighted by Crippen LogP contribution is -2.21. The number of nitrogens with one attached hydrogen (secondary N) is 1. The molecule has 0 saturated heterocycles. The number of anilines is 1. The van der Waals surface area contributed by atoms with Crippen molar-refractivity contribution in [2.75, 3.05) is 25.0 Å². The molecule has 0 unspecified atom stereocenters. The van der Waals surface area contributed by atoms with Crippen molar-refractivity contribution < 1.29 is 4.79 Å². The second kappa shape index (κ2) is 7.63. The fourth-order valence-electron chi connectivity index (χ4n) is 2.70. The van der Waals surface area contributed by atoms with Gasteiger partial charge in [-0.15, -0.1) is 0 Å². The molecule has 0 aliphatic heterocycles. The van der Waals surface area contributed by atoms with E-state index < -0.39 is 0 Å². The van der Waals surface area contributed by atoms with Crippen molar-refractivity contribution >= 4 is 17.2 Å². The summed E-state index contributed by atoms with van der Waals surface area (Å²) in [4.78, 5) is 14.3. The van der Waals surface area contributed by atoms with Crippen molar-refractivity contribution in [2.24, 2.45) is 0 Å². The number of rotatable bonds is 6. The Morgan fingerprint density at radius 2 is 1.57 bits per heavy atom. The third-order valence-corrected chi connectivity index (χ3v) is 4.07. The number of nitrogens with zero attached hydrogens (tertiary/aromatic N) is 1. The summed E-state index contributed by atoms with van der Waals surface area (Å²) in [6, 6.07) is 15.9. The molecule has 0 atom stereocenters. The van der Waals surface area contributed by atoms with Gasteiger partial charge in [-0.3, -0.25) is 4.79 Å². The maximum Gasteiger partial charge on any atom is 0.251 e. The summed E-state index contributed by atoms with van der Waals surface area (Å²) in [6.45, 7) is 10.5. The highest BCUT2D eigenvalue weighted by molar-refractivity contribution is 6.00. The summed E-state index contributed by atoms with van der Waals surface area (Å²) < 4.78 is 0. The molecule has 0 radical (unpaired) electrons. The largest absolute Gasteiger partial charge is 0.372 e. The molecule has 0 spiro atoms. The Labute approximate surface area is 138 Å². The van der Waals surface area contributed by atoms with Crippen molar-refractivity contribution in [1.82, 2.24) is 5.32 Å². The molecular weight excluding hydrogens is 284 g/mol. The van der Waals surface area contributed by atoms with Crippen LogP contribution in [0.15, 0.2) is 55.1 Å². The lowest BCUT2D eigenvalue weighted by Gasteiger charge is -2.21. The second-order valence-corrected chi connectivity index (χ2v) is 5.32. The second-order valence-electron chi connectivity index (χ2n) is 5.32. The zero-order chi connectivity index (χ0) is 16.8. The average molecular weight is 308 g/mol. The molecule has 0 heterocycles. The molecule has 1 N–H and O–H groups in total. The third kappa shape index (κ3) is 3.62. The van der Waals surface area contributed by atoms with Gasteiger partial charge in [-0.25, -0.2) is 0 Å². The monoisotopic (exact) mass is 308 g/mol. The Hall–Kier alpha value is -2.55. The fraction of sp³-hybridized carbons (Fsp3) is 0.250. The molecular formula is C20H24N2O. The van der Waals surface area contributed by atoms with E-state index in [1.165, 1.54) is 5.69 Å². The zero-order valence-corrected chi connectivity index (χ0v) is 14.1. The number of carbonyl (C=O) groups is 1. The van der Waals surface area contributed by atoms with Crippen LogP contribution in [0.3, 0.4) is 0 Å². The van der Waals surface area contributed by atoms with Crippen molar-refractivity contribution in [3.63, 3.8) is 0 Å². The van der Waals surface area contributed by atoms with E-state index in [0.29, 0.717) is 5.56 Å². The molecule has 3 nitrogen and oxygen atoms in total. The van der Waals surface area contributed by atoms with Gasteiger partial charge in [0.05, 0.1) is 0 Å². The highest BCUT2D eigenvalue weighted by Gasteiger charge is 2.13. The molecule has 3 heteroatoms. The van der Waals surface area contributed by atoms with E-state index in [9.17, 15) is 4.79 Å². The lowest BCUT2D eigenvalue weighted by atomic mass is 9.94. The van der Waals surface area contributed by atoms with Gasteiger partial charge in [0.25, 0.3) is 5.91 Å². The number of hydrogen-bond acceptors (Lipinski definition) is 2. The van der Waals surface area contributed by atoms with Crippen molar-refractivity contribution in [3.8, 4) is 0 Å². The molecule has 0 aliphatic rings. The first-order valence-electron chi connectivity index (χ1n) is 7.98. The van der Waals surface area contributed by atoms with Gasteiger partial charge in [-0.05, 0) is 48.7 Å². The predicted octanol–water partition coefficient (Wildman–Crippen LogP) is 3.95. The molecule has 2 rings (SSSR count). The summed E-state index contributed by atoms with van der Waals surface area (Å²) in [6.07, 6.45) is 0. The smallest absolute Gasteiger partial charge is 0.251 e. The van der Waals surface area contributed by atoms with Gasteiger partial charge in [-0.2, -0.15) is 0 Å². The van der Waals surface area contributed by atoms with Crippen LogP contribution in [0.5, 0.6) is 0 Å². The van der Waals surface area contributed by atoms with E-state index in [1.54, 1.807) is 7.05 Å². The van der Waals surface area contributed by atoms with Crippen LogP contribution in [-0.2, 0) is 0 Å². The van der Waals surface area contributed by atoms with E-state index in [1.807, 2.05) is 24.3 Å². The van der Waals surface area contributed by atoms with Crippen LogP contribution < -0.4 is 10.2 Å². The quantitative estimate of drug-likeness (QED) is 0.876. The first-order chi connectivity index (χ1) is 11.1. The van der Waals surface area contributed by atoms with Crippen LogP contribution in [-0.4, -0.2) is 26.0 Å². The summed E-state index contributed by atoms with van der Waals surface area (Å²) in [5.41, 5.74) is 4.59. The van der Waals surface area contributed by atoms with Crippen LogP contribution in [0.1, 0.15) is 35.3 Å². The molecule has 1 amide bonds. The van der Waals surface area contributed by atoms with Crippen LogP contribution >= 0.6 is 0 Å². The standard InChI is InChI=1S/C20H24N2O/c1-5-22(6-2)17-13-11-16(12-14-17)15(3)18-9-7-8-10-19(18)20(23)21-4/h7-14H,3,5-6H2,1-2,4H3,(H,21,23). The number of carbonyl (C=O) groups excluding carboxylic acids is 1. The minimum Gasteiger partial charge on any atom is -0.372 e. The average Bonchev–Trinajstić information content (AvgIpc) is 2.62. The SMILES string of the molecule is C=C(c1ccc(N(CC)CC)cc1)c1ccccc1C(=O)NC. The summed E-state index contributed by atoms with van der Waals surface area (Å²) in [5.74, 6) is -0.0958. The Morgan fingerprint density at radius 3 is 2.09 bits per heavy atom. The molecule has 0 fully saturated rings. The van der Waals surface area contributed by atoms with Crippen LogP contribution in [0.25, 0.3) is 5.57 Å². The molecule has 0 bridgehead atoms. The van der Waals surface area contributed by atoms with Crippen LogP contribution in [0, 0.1) is 0 Å². The van der Waals surface area contributed by atoms with E-state index in [-0.39, 0.29) is 5.91 Å². The van der Waals surface area contributed by atoms with Crippen molar-refractivity contribution in [1.29, 1.82) is 0 Å². The molecule has 120 valence electrons. The summed E-state index contributed by atoms with van der Waals surface area (Å²) in [7, 11) is 1.64. The zero-order valence-electron chi connectivity index (χ0n) is 14.1. The lowest BCUT2D eigenvalue weighted by molar-refractivity contribution is 0.0963. The van der Waals surface area contributed by atoms with Crippen LogP contribution in [0.2, 0.25) is 0 Å². The van der Waals surface area contributed by atoms with Gasteiger partial charge in [0, 0.05) is 31.4 Å². The van der Waals surface area contributed by atoms with Gasteiger partial charge in [0.15, 0.2) is 0 Å². The van der Waals surface area contributed by atoms with Crippen molar-refractivity contribution in [3.05, 3.63) is 71.8 Å². The predicted molar refractivity (Wildman–Crippen MR) is 98.0 cm³/mol. The van der Waals surface area contributed by atoms with Crippen molar-refractivity contribution in [2.45, 2.75) is 13.8 Å². The normalized spacial score (nSPS) is 10.2. The van der Waals surface area contributed by atoms with E-state index in [2.05, 4.69) is 54.9 Å². The minimum absolute atomic E-state index is 0.0958. The van der Waals surface area contributed by atoms with E-state index in [0.717, 1.165) is 29.8 Å². The van der Waals surface area contributed by atoms with E-state index in [4.69, 9.17) is 0 Å². The number of amides is 1. The molecule has 2 aromatic rings. The third-order valence-electron chi connectivity index (χ3n) is 4.07. The van der Waals surface area contributed by atoms with Crippen LogP contribution in [0.4, 0.5) is 5.69 Å². The van der Waals surface area contributed by atoms with Gasteiger partial charge in [0.1, 0.15) is 0 Å². The van der Waals surface area contributed by atoms with Gasteiger partial charge < -0.3 is 10.2 Å². The Kier molecular flexibility index (Phi) is 5.58. The van der Waals surface area contributed by atoms with Gasteiger partial charge in [-0.1, -0.05) is 36.9 Å². The summed E-state index contributed by atoms with van der Waals surface area (Å²) in [5, 5.41) is 2.68. The number of hydrogen-bond donors (Lipinski definition) is 1. The minimum atomic E-state index is -0.0958. The Balaban J connectivity index is 2.33. The molecule has 0 aromatic heterocycles. The maximum atomic E-state index is 12.0. The highest BCUT2D eigenvalue weighted by Crippen LogP contribution is 2.26. The topological polar surface area (TPSA) is 32.3 Å². The van der Waals surface area contributed by atoms with Gasteiger partial charge >= 0.3 is 0 Å². The van der Waals surface area contributed by atoms with E-state index >= 15 is 0 Å². The molecule has 2 aromatic carbocycles.